The normalized spacial score (nSPS) is 11.1. The monoisotopic (exact) mass is 293 g/mol. The molecule has 1 aromatic heterocycles. The number of halogens is 1. The number of hydrogen-bond donors (Lipinski definition) is 1. The molecule has 2 rings (SSSR count). The zero-order chi connectivity index (χ0) is 14.5. The Kier molecular flexibility index (Phi) is 5.10. The highest BCUT2D eigenvalue weighted by Crippen LogP contribution is 2.26. The first-order valence-corrected chi connectivity index (χ1v) is 7.11. The predicted octanol–water partition coefficient (Wildman–Crippen LogP) is 4.32. The first-order chi connectivity index (χ1) is 9.56. The highest BCUT2D eigenvalue weighted by atomic mass is 35.5. The van der Waals surface area contributed by atoms with Gasteiger partial charge in [-0.05, 0) is 30.7 Å². The summed E-state index contributed by atoms with van der Waals surface area (Å²) in [7, 11) is 0. The second kappa shape index (κ2) is 6.82. The molecule has 2 aromatic rings. The van der Waals surface area contributed by atoms with Crippen molar-refractivity contribution in [1.29, 1.82) is 0 Å². The molecule has 0 saturated heterocycles. The fraction of sp³-hybridized carbons (Fsp3) is 0.375. The fourth-order valence-electron chi connectivity index (χ4n) is 1.83. The van der Waals surface area contributed by atoms with Gasteiger partial charge in [-0.1, -0.05) is 31.5 Å². The van der Waals surface area contributed by atoms with Crippen LogP contribution in [0.1, 0.15) is 30.7 Å². The van der Waals surface area contributed by atoms with Gasteiger partial charge < -0.3 is 14.5 Å². The molecule has 0 spiro atoms. The molecule has 1 aromatic carbocycles. The molecule has 3 nitrogen and oxygen atoms in total. The predicted molar refractivity (Wildman–Crippen MR) is 81.2 cm³/mol. The standard InChI is InChI=1S/C16H20ClNO2/c1-11(2)18-9-13-6-7-19-16(13)10-20-15-5-4-12(3)8-14(15)17/h4-8,11,18H,9-10H2,1-3H3. The summed E-state index contributed by atoms with van der Waals surface area (Å²) in [4.78, 5) is 0. The number of furan rings is 1. The summed E-state index contributed by atoms with van der Waals surface area (Å²) in [5.74, 6) is 1.51. The Balaban J connectivity index is 1.98. The smallest absolute Gasteiger partial charge is 0.146 e. The zero-order valence-electron chi connectivity index (χ0n) is 12.1. The SMILES string of the molecule is Cc1ccc(OCc2occc2CNC(C)C)c(Cl)c1. The van der Waals surface area contributed by atoms with Crippen molar-refractivity contribution in [2.24, 2.45) is 0 Å². The lowest BCUT2D eigenvalue weighted by atomic mass is 10.2. The van der Waals surface area contributed by atoms with Crippen LogP contribution in [0.15, 0.2) is 34.9 Å². The summed E-state index contributed by atoms with van der Waals surface area (Å²) < 4.78 is 11.2. The van der Waals surface area contributed by atoms with Gasteiger partial charge in [0, 0.05) is 18.2 Å². The Morgan fingerprint density at radius 3 is 2.80 bits per heavy atom. The number of aryl methyl sites for hydroxylation is 1. The Morgan fingerprint density at radius 2 is 2.10 bits per heavy atom. The van der Waals surface area contributed by atoms with Gasteiger partial charge in [-0.3, -0.25) is 0 Å². The average molecular weight is 294 g/mol. The number of benzene rings is 1. The number of rotatable bonds is 6. The molecule has 0 unspecified atom stereocenters. The number of hydrogen-bond acceptors (Lipinski definition) is 3. The molecule has 0 aliphatic heterocycles. The van der Waals surface area contributed by atoms with E-state index in [9.17, 15) is 0 Å². The van der Waals surface area contributed by atoms with Crippen LogP contribution in [-0.4, -0.2) is 6.04 Å². The van der Waals surface area contributed by atoms with Crippen LogP contribution >= 0.6 is 11.6 Å². The van der Waals surface area contributed by atoms with E-state index >= 15 is 0 Å². The van der Waals surface area contributed by atoms with Crippen LogP contribution in [0.5, 0.6) is 5.75 Å². The second-order valence-corrected chi connectivity index (χ2v) is 5.53. The topological polar surface area (TPSA) is 34.4 Å². The fourth-order valence-corrected chi connectivity index (χ4v) is 2.12. The minimum atomic E-state index is 0.380. The molecular weight excluding hydrogens is 274 g/mol. The van der Waals surface area contributed by atoms with E-state index in [0.29, 0.717) is 23.4 Å². The first kappa shape index (κ1) is 14.9. The maximum absolute atomic E-state index is 6.14. The third-order valence-corrected chi connectivity index (χ3v) is 3.28. The molecule has 0 radical (unpaired) electrons. The lowest BCUT2D eigenvalue weighted by molar-refractivity contribution is 0.268. The van der Waals surface area contributed by atoms with E-state index in [0.717, 1.165) is 23.4 Å². The molecule has 1 heterocycles. The number of ether oxygens (including phenoxy) is 1. The highest BCUT2D eigenvalue weighted by Gasteiger charge is 2.09. The molecule has 1 N–H and O–H groups in total. The third kappa shape index (κ3) is 4.02. The van der Waals surface area contributed by atoms with Crippen molar-refractivity contribution in [1.82, 2.24) is 5.32 Å². The summed E-state index contributed by atoms with van der Waals surface area (Å²) in [6, 6.07) is 8.15. The van der Waals surface area contributed by atoms with Crippen LogP contribution < -0.4 is 10.1 Å². The molecule has 0 atom stereocenters. The minimum Gasteiger partial charge on any atom is -0.484 e. The van der Waals surface area contributed by atoms with Crippen LogP contribution in [0.3, 0.4) is 0 Å². The minimum absolute atomic E-state index is 0.380. The van der Waals surface area contributed by atoms with Gasteiger partial charge in [0.2, 0.25) is 0 Å². The average Bonchev–Trinajstić information content (AvgIpc) is 2.83. The maximum atomic E-state index is 6.14. The summed E-state index contributed by atoms with van der Waals surface area (Å²) >= 11 is 6.14. The van der Waals surface area contributed by atoms with Gasteiger partial charge >= 0.3 is 0 Å². The van der Waals surface area contributed by atoms with E-state index in [-0.39, 0.29) is 0 Å². The molecule has 4 heteroatoms. The van der Waals surface area contributed by atoms with Gasteiger partial charge in [-0.15, -0.1) is 0 Å². The molecule has 0 amide bonds. The van der Waals surface area contributed by atoms with E-state index in [1.165, 1.54) is 0 Å². The van der Waals surface area contributed by atoms with Crippen LogP contribution in [0.4, 0.5) is 0 Å². The van der Waals surface area contributed by atoms with Crippen molar-refractivity contribution in [2.45, 2.75) is 40.0 Å². The van der Waals surface area contributed by atoms with Gasteiger partial charge in [0.25, 0.3) is 0 Å². The van der Waals surface area contributed by atoms with Crippen molar-refractivity contribution in [3.63, 3.8) is 0 Å². The summed E-state index contributed by atoms with van der Waals surface area (Å²) in [6.45, 7) is 7.38. The summed E-state index contributed by atoms with van der Waals surface area (Å²) in [5, 5.41) is 3.99. The first-order valence-electron chi connectivity index (χ1n) is 6.74. The number of nitrogens with one attached hydrogen (secondary N) is 1. The van der Waals surface area contributed by atoms with E-state index in [1.54, 1.807) is 6.26 Å². The molecule has 0 fully saturated rings. The lowest BCUT2D eigenvalue weighted by Crippen LogP contribution is -2.22. The molecule has 20 heavy (non-hydrogen) atoms. The van der Waals surface area contributed by atoms with Gasteiger partial charge in [-0.25, -0.2) is 0 Å². The Labute approximate surface area is 124 Å². The van der Waals surface area contributed by atoms with Crippen LogP contribution in [0, 0.1) is 6.92 Å². The van der Waals surface area contributed by atoms with Gasteiger partial charge in [0.15, 0.2) is 0 Å². The van der Waals surface area contributed by atoms with Crippen molar-refractivity contribution < 1.29 is 9.15 Å². The van der Waals surface area contributed by atoms with E-state index in [2.05, 4.69) is 19.2 Å². The Bertz CT molecular complexity index is 563. The zero-order valence-corrected chi connectivity index (χ0v) is 12.8. The molecule has 0 saturated carbocycles. The van der Waals surface area contributed by atoms with Crippen LogP contribution in [0.2, 0.25) is 5.02 Å². The molecule has 108 valence electrons. The Hall–Kier alpha value is -1.45. The van der Waals surface area contributed by atoms with Crippen LogP contribution in [-0.2, 0) is 13.2 Å². The third-order valence-electron chi connectivity index (χ3n) is 2.98. The van der Waals surface area contributed by atoms with Crippen molar-refractivity contribution in [3.8, 4) is 5.75 Å². The second-order valence-electron chi connectivity index (χ2n) is 5.13. The van der Waals surface area contributed by atoms with Gasteiger partial charge in [0.05, 0.1) is 11.3 Å². The van der Waals surface area contributed by atoms with Crippen LogP contribution in [0.25, 0.3) is 0 Å². The molecule has 0 aliphatic rings. The lowest BCUT2D eigenvalue weighted by Gasteiger charge is -2.10. The summed E-state index contributed by atoms with van der Waals surface area (Å²) in [5.41, 5.74) is 2.23. The highest BCUT2D eigenvalue weighted by molar-refractivity contribution is 6.32. The molecule has 0 aliphatic carbocycles. The summed E-state index contributed by atoms with van der Waals surface area (Å²) in [6.07, 6.45) is 1.69. The van der Waals surface area contributed by atoms with E-state index in [4.69, 9.17) is 20.8 Å². The Morgan fingerprint density at radius 1 is 1.30 bits per heavy atom. The molecular formula is C16H20ClNO2. The maximum Gasteiger partial charge on any atom is 0.146 e. The van der Waals surface area contributed by atoms with Crippen molar-refractivity contribution >= 4 is 11.6 Å². The van der Waals surface area contributed by atoms with Gasteiger partial charge in [-0.2, -0.15) is 0 Å². The largest absolute Gasteiger partial charge is 0.484 e. The van der Waals surface area contributed by atoms with Crippen molar-refractivity contribution in [3.05, 3.63) is 52.4 Å². The molecule has 0 bridgehead atoms. The quantitative estimate of drug-likeness (QED) is 0.861. The van der Waals surface area contributed by atoms with E-state index in [1.807, 2.05) is 31.2 Å². The van der Waals surface area contributed by atoms with E-state index < -0.39 is 0 Å². The van der Waals surface area contributed by atoms with Crippen molar-refractivity contribution in [2.75, 3.05) is 0 Å². The van der Waals surface area contributed by atoms with Gasteiger partial charge in [0.1, 0.15) is 18.1 Å².